The van der Waals surface area contributed by atoms with Gasteiger partial charge in [0.2, 0.25) is 0 Å². The number of carbonyl (C=O) groups is 1. The molecule has 2 aromatic heterocycles. The molecule has 5 rings (SSSR count). The fraction of sp³-hybridized carbons (Fsp3) is 0.261. The maximum absolute atomic E-state index is 12.9. The molecule has 1 amide bonds. The first-order valence-corrected chi connectivity index (χ1v) is 10.8. The van der Waals surface area contributed by atoms with Crippen LogP contribution in [0.25, 0.3) is 32.8 Å². The number of amides is 1. The molecule has 3 heterocycles. The summed E-state index contributed by atoms with van der Waals surface area (Å²) in [5, 5.41) is 5.85. The average molecular weight is 419 g/mol. The van der Waals surface area contributed by atoms with E-state index in [0.717, 1.165) is 36.0 Å². The zero-order valence-electron chi connectivity index (χ0n) is 16.9. The van der Waals surface area contributed by atoms with E-state index in [4.69, 9.17) is 4.52 Å². The van der Waals surface area contributed by atoms with E-state index in [9.17, 15) is 4.79 Å². The van der Waals surface area contributed by atoms with Gasteiger partial charge in [-0.15, -0.1) is 11.3 Å². The number of hydrogen-bond acceptors (Lipinski definition) is 6. The lowest BCUT2D eigenvalue weighted by Crippen LogP contribution is -2.34. The van der Waals surface area contributed by atoms with E-state index in [1.807, 2.05) is 35.2 Å². The average Bonchev–Trinajstić information content (AvgIpc) is 3.52. The second-order valence-corrected chi connectivity index (χ2v) is 8.83. The lowest BCUT2D eigenvalue weighted by molar-refractivity contribution is 0.0787. The summed E-state index contributed by atoms with van der Waals surface area (Å²) < 4.78 is 5.59. The third-order valence-electron chi connectivity index (χ3n) is 5.68. The van der Waals surface area contributed by atoms with Crippen molar-refractivity contribution in [2.45, 2.75) is 12.5 Å². The number of fused-ring (bicyclic) bond motifs is 1. The summed E-state index contributed by atoms with van der Waals surface area (Å²) >= 11 is 1.37. The molecule has 152 valence electrons. The molecule has 0 radical (unpaired) electrons. The summed E-state index contributed by atoms with van der Waals surface area (Å²) in [4.78, 5) is 22.1. The summed E-state index contributed by atoms with van der Waals surface area (Å²) in [6.07, 6.45) is 2.66. The molecule has 2 aromatic carbocycles. The molecule has 0 spiro atoms. The molecular weight excluding hydrogens is 396 g/mol. The van der Waals surface area contributed by atoms with Crippen LogP contribution in [-0.4, -0.2) is 59.1 Å². The maximum atomic E-state index is 12.9. The third kappa shape index (κ3) is 3.40. The van der Waals surface area contributed by atoms with E-state index in [1.54, 1.807) is 6.20 Å². The highest BCUT2D eigenvalue weighted by Crippen LogP contribution is 2.34. The number of benzene rings is 2. The summed E-state index contributed by atoms with van der Waals surface area (Å²) in [7, 11) is 4.12. The minimum atomic E-state index is 0.0438. The predicted octanol–water partition coefficient (Wildman–Crippen LogP) is 4.39. The number of thiazole rings is 1. The number of hydrogen-bond donors (Lipinski definition) is 0. The Balaban J connectivity index is 1.40. The summed E-state index contributed by atoms with van der Waals surface area (Å²) in [5.41, 5.74) is 3.59. The summed E-state index contributed by atoms with van der Waals surface area (Å²) in [5.74, 6) is 0.0438. The topological polar surface area (TPSA) is 62.5 Å². The van der Waals surface area contributed by atoms with Gasteiger partial charge in [0.1, 0.15) is 15.6 Å². The van der Waals surface area contributed by atoms with Gasteiger partial charge in [0.25, 0.3) is 5.91 Å². The van der Waals surface area contributed by atoms with Gasteiger partial charge in [0.15, 0.2) is 5.58 Å². The molecular formula is C23H22N4O2S. The van der Waals surface area contributed by atoms with Crippen LogP contribution >= 0.6 is 11.3 Å². The van der Waals surface area contributed by atoms with Crippen LogP contribution in [0.4, 0.5) is 0 Å². The van der Waals surface area contributed by atoms with Crippen LogP contribution in [0, 0.1) is 0 Å². The molecule has 1 fully saturated rings. The van der Waals surface area contributed by atoms with Crippen molar-refractivity contribution in [3.05, 3.63) is 59.6 Å². The Hall–Kier alpha value is -3.03. The van der Waals surface area contributed by atoms with Crippen molar-refractivity contribution in [1.29, 1.82) is 0 Å². The van der Waals surface area contributed by atoms with E-state index in [1.165, 1.54) is 11.3 Å². The number of likely N-dealkylation sites (tertiary alicyclic amines) is 1. The Bertz CT molecular complexity index is 1200. The van der Waals surface area contributed by atoms with Crippen LogP contribution in [0.5, 0.6) is 0 Å². The standard InChI is InChI=1S/C23H22N4O2S/c1-26(2)17-10-11-27(14-17)23(28)20-13-24-22(30-20)21-18-9-8-16(12-19(18)29-25-21)15-6-4-3-5-7-15/h3-9,12-13,17H,10-11,14H2,1-2H3/t17-/m1/s1. The van der Waals surface area contributed by atoms with Crippen molar-refractivity contribution < 1.29 is 9.32 Å². The van der Waals surface area contributed by atoms with Crippen LogP contribution < -0.4 is 0 Å². The minimum absolute atomic E-state index is 0.0438. The highest BCUT2D eigenvalue weighted by atomic mass is 32.1. The van der Waals surface area contributed by atoms with Crippen LogP contribution in [0.2, 0.25) is 0 Å². The van der Waals surface area contributed by atoms with Crippen molar-refractivity contribution in [2.24, 2.45) is 0 Å². The van der Waals surface area contributed by atoms with Crippen molar-refractivity contribution >= 4 is 28.2 Å². The number of rotatable bonds is 4. The molecule has 30 heavy (non-hydrogen) atoms. The molecule has 0 saturated carbocycles. The number of likely N-dealkylation sites (N-methyl/N-ethyl adjacent to an activating group) is 1. The van der Waals surface area contributed by atoms with Crippen molar-refractivity contribution in [3.63, 3.8) is 0 Å². The number of nitrogens with zero attached hydrogens (tertiary/aromatic N) is 4. The minimum Gasteiger partial charge on any atom is -0.356 e. The molecule has 6 nitrogen and oxygen atoms in total. The molecule has 1 aliphatic heterocycles. The normalized spacial score (nSPS) is 16.6. The SMILES string of the molecule is CN(C)[C@@H]1CCN(C(=O)c2cnc(-c3noc4cc(-c5ccccc5)ccc34)s2)C1. The van der Waals surface area contributed by atoms with Crippen LogP contribution in [0.15, 0.2) is 59.3 Å². The van der Waals surface area contributed by atoms with Gasteiger partial charge in [-0.05, 0) is 43.8 Å². The predicted molar refractivity (Wildman–Crippen MR) is 119 cm³/mol. The van der Waals surface area contributed by atoms with Crippen LogP contribution in [0.3, 0.4) is 0 Å². The molecule has 1 saturated heterocycles. The smallest absolute Gasteiger partial charge is 0.265 e. The molecule has 0 N–H and O–H groups in total. The van der Waals surface area contributed by atoms with E-state index >= 15 is 0 Å². The Morgan fingerprint density at radius 3 is 2.77 bits per heavy atom. The number of carbonyl (C=O) groups excluding carboxylic acids is 1. The molecule has 4 aromatic rings. The van der Waals surface area contributed by atoms with Crippen LogP contribution in [0.1, 0.15) is 16.1 Å². The van der Waals surface area contributed by atoms with Gasteiger partial charge in [0, 0.05) is 19.1 Å². The molecule has 1 aliphatic rings. The van der Waals surface area contributed by atoms with Gasteiger partial charge >= 0.3 is 0 Å². The molecule has 7 heteroatoms. The Kier molecular flexibility index (Phi) is 4.84. The van der Waals surface area contributed by atoms with Gasteiger partial charge in [0.05, 0.1) is 11.6 Å². The number of aromatic nitrogens is 2. The molecule has 0 aliphatic carbocycles. The molecule has 0 bridgehead atoms. The van der Waals surface area contributed by atoms with E-state index in [-0.39, 0.29) is 5.91 Å². The van der Waals surface area contributed by atoms with Crippen LogP contribution in [-0.2, 0) is 0 Å². The van der Waals surface area contributed by atoms with E-state index in [2.05, 4.69) is 47.3 Å². The van der Waals surface area contributed by atoms with Gasteiger partial charge in [-0.1, -0.05) is 41.6 Å². The zero-order valence-corrected chi connectivity index (χ0v) is 17.7. The Labute approximate surface area is 178 Å². The first-order valence-electron chi connectivity index (χ1n) is 9.97. The second kappa shape index (κ2) is 7.66. The first kappa shape index (κ1) is 19.0. The fourth-order valence-corrected chi connectivity index (χ4v) is 4.77. The Morgan fingerprint density at radius 1 is 1.17 bits per heavy atom. The van der Waals surface area contributed by atoms with Gasteiger partial charge < -0.3 is 14.3 Å². The quantitative estimate of drug-likeness (QED) is 0.492. The molecule has 0 unspecified atom stereocenters. The van der Waals surface area contributed by atoms with Gasteiger partial charge in [-0.3, -0.25) is 4.79 Å². The van der Waals surface area contributed by atoms with Gasteiger partial charge in [-0.25, -0.2) is 4.98 Å². The third-order valence-corrected chi connectivity index (χ3v) is 6.67. The second-order valence-electron chi connectivity index (χ2n) is 7.80. The highest BCUT2D eigenvalue weighted by molar-refractivity contribution is 7.17. The highest BCUT2D eigenvalue weighted by Gasteiger charge is 2.29. The fourth-order valence-electron chi connectivity index (χ4n) is 3.89. The maximum Gasteiger partial charge on any atom is 0.265 e. The summed E-state index contributed by atoms with van der Waals surface area (Å²) in [6, 6.07) is 16.6. The van der Waals surface area contributed by atoms with Crippen molar-refractivity contribution in [2.75, 3.05) is 27.2 Å². The monoisotopic (exact) mass is 418 g/mol. The van der Waals surface area contributed by atoms with Crippen molar-refractivity contribution in [3.8, 4) is 21.8 Å². The largest absolute Gasteiger partial charge is 0.356 e. The van der Waals surface area contributed by atoms with E-state index in [0.29, 0.717) is 27.2 Å². The Morgan fingerprint density at radius 2 is 2.00 bits per heavy atom. The first-order chi connectivity index (χ1) is 14.6. The van der Waals surface area contributed by atoms with Gasteiger partial charge in [-0.2, -0.15) is 0 Å². The zero-order chi connectivity index (χ0) is 20.7. The lowest BCUT2D eigenvalue weighted by atomic mass is 10.0. The lowest BCUT2D eigenvalue weighted by Gasteiger charge is -2.19. The molecule has 1 atom stereocenters. The summed E-state index contributed by atoms with van der Waals surface area (Å²) in [6.45, 7) is 1.54. The van der Waals surface area contributed by atoms with E-state index < -0.39 is 0 Å². The van der Waals surface area contributed by atoms with Crippen molar-refractivity contribution in [1.82, 2.24) is 19.9 Å².